The minimum atomic E-state index is -0.399. The van der Waals surface area contributed by atoms with Gasteiger partial charge in [0.25, 0.3) is 0 Å². The number of hydrogen-bond acceptors (Lipinski definition) is 4. The van der Waals surface area contributed by atoms with E-state index in [2.05, 4.69) is 15.1 Å². The Bertz CT molecular complexity index is 865. The van der Waals surface area contributed by atoms with E-state index in [0.717, 1.165) is 37.4 Å². The van der Waals surface area contributed by atoms with Gasteiger partial charge in [-0.3, -0.25) is 14.5 Å². The van der Waals surface area contributed by atoms with Crippen molar-refractivity contribution in [3.63, 3.8) is 0 Å². The normalized spacial score (nSPS) is 15.1. The fourth-order valence-corrected chi connectivity index (χ4v) is 4.19. The molecule has 1 fully saturated rings. The second-order valence-electron chi connectivity index (χ2n) is 7.60. The van der Waals surface area contributed by atoms with Gasteiger partial charge in [0.05, 0.1) is 6.54 Å². The molecule has 1 aliphatic rings. The maximum atomic E-state index is 13.0. The van der Waals surface area contributed by atoms with Crippen LogP contribution in [-0.4, -0.2) is 67.4 Å². The molecule has 7 heteroatoms. The van der Waals surface area contributed by atoms with Crippen LogP contribution in [0.25, 0.3) is 0 Å². The highest BCUT2D eigenvalue weighted by molar-refractivity contribution is 6.30. The number of anilines is 1. The van der Waals surface area contributed by atoms with Gasteiger partial charge in [-0.2, -0.15) is 0 Å². The molecule has 0 spiro atoms. The van der Waals surface area contributed by atoms with E-state index in [1.807, 2.05) is 73.3 Å². The third kappa shape index (κ3) is 5.99. The Morgan fingerprint density at radius 3 is 2.29 bits per heavy atom. The number of rotatable bonds is 8. The van der Waals surface area contributed by atoms with Crippen LogP contribution in [-0.2, 0) is 9.59 Å². The number of carbonyl (C=O) groups excluding carboxylic acids is 2. The largest absolute Gasteiger partial charge is 0.368 e. The predicted octanol–water partition coefficient (Wildman–Crippen LogP) is 3.19. The highest BCUT2D eigenvalue weighted by Gasteiger charge is 2.27. The van der Waals surface area contributed by atoms with Crippen molar-refractivity contribution in [2.24, 2.45) is 0 Å². The van der Waals surface area contributed by atoms with Gasteiger partial charge in [0, 0.05) is 36.9 Å². The summed E-state index contributed by atoms with van der Waals surface area (Å²) < 4.78 is 0. The minimum Gasteiger partial charge on any atom is -0.368 e. The Balaban J connectivity index is 1.55. The van der Waals surface area contributed by atoms with E-state index in [0.29, 0.717) is 18.1 Å². The van der Waals surface area contributed by atoms with Gasteiger partial charge in [0.1, 0.15) is 6.04 Å². The Hall–Kier alpha value is -2.57. The van der Waals surface area contributed by atoms with Crippen molar-refractivity contribution in [1.29, 1.82) is 0 Å². The van der Waals surface area contributed by atoms with Crippen molar-refractivity contribution in [3.05, 3.63) is 65.2 Å². The molecule has 6 nitrogen and oxygen atoms in total. The van der Waals surface area contributed by atoms with E-state index in [1.54, 1.807) is 0 Å². The molecule has 1 atom stereocenters. The first kappa shape index (κ1) is 23.1. The smallest absolute Gasteiger partial charge is 0.242 e. The maximum Gasteiger partial charge on any atom is 0.242 e. The van der Waals surface area contributed by atoms with Gasteiger partial charge in [-0.05, 0) is 36.9 Å². The SMILES string of the molecule is CCN(CC)C(C(=O)NCC(=O)N1CCN(c2cccc(Cl)c2)CC1)c1ccccc1. The summed E-state index contributed by atoms with van der Waals surface area (Å²) >= 11 is 6.09. The van der Waals surface area contributed by atoms with Crippen LogP contribution < -0.4 is 10.2 Å². The van der Waals surface area contributed by atoms with Crippen LogP contribution in [0.5, 0.6) is 0 Å². The average molecular weight is 443 g/mol. The summed E-state index contributed by atoms with van der Waals surface area (Å²) in [7, 11) is 0. The molecule has 0 bridgehead atoms. The van der Waals surface area contributed by atoms with Crippen LogP contribution >= 0.6 is 11.6 Å². The van der Waals surface area contributed by atoms with Gasteiger partial charge in [-0.15, -0.1) is 0 Å². The molecule has 0 radical (unpaired) electrons. The van der Waals surface area contributed by atoms with Crippen molar-refractivity contribution in [3.8, 4) is 0 Å². The fourth-order valence-electron chi connectivity index (χ4n) is 4.01. The average Bonchev–Trinajstić information content (AvgIpc) is 2.81. The monoisotopic (exact) mass is 442 g/mol. The number of amides is 2. The molecule has 0 saturated carbocycles. The third-order valence-electron chi connectivity index (χ3n) is 5.76. The lowest BCUT2D eigenvalue weighted by atomic mass is 10.0. The number of nitrogens with zero attached hydrogens (tertiary/aromatic N) is 3. The van der Waals surface area contributed by atoms with E-state index in [4.69, 9.17) is 11.6 Å². The van der Waals surface area contributed by atoms with Gasteiger partial charge in [-0.1, -0.05) is 61.8 Å². The number of hydrogen-bond donors (Lipinski definition) is 1. The van der Waals surface area contributed by atoms with E-state index < -0.39 is 6.04 Å². The molecule has 1 heterocycles. The van der Waals surface area contributed by atoms with Crippen molar-refractivity contribution in [2.75, 3.05) is 50.7 Å². The highest BCUT2D eigenvalue weighted by Crippen LogP contribution is 2.22. The molecule has 0 aliphatic carbocycles. The standard InChI is InChI=1S/C24H31ClN4O2/c1-3-27(4-2)23(19-9-6-5-7-10-19)24(31)26-18-22(30)29-15-13-28(14-16-29)21-12-8-11-20(25)17-21/h5-12,17,23H,3-4,13-16,18H2,1-2H3,(H,26,31). The molecular formula is C24H31ClN4O2. The fraction of sp³-hybridized carbons (Fsp3) is 0.417. The zero-order chi connectivity index (χ0) is 22.2. The molecule has 0 aromatic heterocycles. The number of benzene rings is 2. The van der Waals surface area contributed by atoms with Crippen LogP contribution in [0.1, 0.15) is 25.5 Å². The minimum absolute atomic E-state index is 0.0145. The summed E-state index contributed by atoms with van der Waals surface area (Å²) in [5.74, 6) is -0.189. The summed E-state index contributed by atoms with van der Waals surface area (Å²) in [5.41, 5.74) is 2.00. The lowest BCUT2D eigenvalue weighted by Gasteiger charge is -2.36. The third-order valence-corrected chi connectivity index (χ3v) is 6.00. The molecule has 1 N–H and O–H groups in total. The van der Waals surface area contributed by atoms with Gasteiger partial charge >= 0.3 is 0 Å². The van der Waals surface area contributed by atoms with Crippen molar-refractivity contribution in [2.45, 2.75) is 19.9 Å². The molecular weight excluding hydrogens is 412 g/mol. The zero-order valence-electron chi connectivity index (χ0n) is 18.3. The van der Waals surface area contributed by atoms with E-state index in [-0.39, 0.29) is 18.4 Å². The Morgan fingerprint density at radius 1 is 1.00 bits per heavy atom. The number of piperazine rings is 1. The van der Waals surface area contributed by atoms with Gasteiger partial charge in [0.15, 0.2) is 0 Å². The summed E-state index contributed by atoms with van der Waals surface area (Å²) in [6.45, 7) is 8.33. The van der Waals surface area contributed by atoms with E-state index in [1.165, 1.54) is 0 Å². The molecule has 2 aromatic carbocycles. The first-order chi connectivity index (χ1) is 15.0. The number of nitrogens with one attached hydrogen (secondary N) is 1. The Kier molecular flexibility index (Phi) is 8.32. The van der Waals surface area contributed by atoms with Crippen molar-refractivity contribution in [1.82, 2.24) is 15.1 Å². The van der Waals surface area contributed by atoms with Crippen molar-refractivity contribution >= 4 is 29.1 Å². The van der Waals surface area contributed by atoms with Crippen LogP contribution in [0.3, 0.4) is 0 Å². The van der Waals surface area contributed by atoms with Crippen LogP contribution in [0.4, 0.5) is 5.69 Å². The van der Waals surface area contributed by atoms with Gasteiger partial charge < -0.3 is 15.1 Å². The zero-order valence-corrected chi connectivity index (χ0v) is 19.0. The lowest BCUT2D eigenvalue weighted by Crippen LogP contribution is -2.52. The molecule has 3 rings (SSSR count). The number of carbonyl (C=O) groups is 2. The van der Waals surface area contributed by atoms with Gasteiger partial charge in [-0.25, -0.2) is 0 Å². The Morgan fingerprint density at radius 2 is 1.68 bits per heavy atom. The molecule has 2 aromatic rings. The van der Waals surface area contributed by atoms with E-state index in [9.17, 15) is 9.59 Å². The molecule has 31 heavy (non-hydrogen) atoms. The first-order valence-corrected chi connectivity index (χ1v) is 11.3. The topological polar surface area (TPSA) is 55.9 Å². The van der Waals surface area contributed by atoms with Crippen molar-refractivity contribution < 1.29 is 9.59 Å². The summed E-state index contributed by atoms with van der Waals surface area (Å²) in [4.78, 5) is 31.9. The molecule has 1 unspecified atom stereocenters. The first-order valence-electron chi connectivity index (χ1n) is 10.9. The van der Waals surface area contributed by atoms with E-state index >= 15 is 0 Å². The maximum absolute atomic E-state index is 13.0. The second kappa shape index (κ2) is 11.2. The quantitative estimate of drug-likeness (QED) is 0.682. The summed E-state index contributed by atoms with van der Waals surface area (Å²) in [5, 5.41) is 3.58. The van der Waals surface area contributed by atoms with Crippen LogP contribution in [0.2, 0.25) is 5.02 Å². The highest BCUT2D eigenvalue weighted by atomic mass is 35.5. The molecule has 166 valence electrons. The van der Waals surface area contributed by atoms with Crippen LogP contribution in [0.15, 0.2) is 54.6 Å². The molecule has 1 saturated heterocycles. The Labute approximate surface area is 189 Å². The summed E-state index contributed by atoms with van der Waals surface area (Å²) in [6, 6.07) is 17.1. The number of halogens is 1. The number of likely N-dealkylation sites (N-methyl/N-ethyl adjacent to an activating group) is 1. The molecule has 1 aliphatic heterocycles. The van der Waals surface area contributed by atoms with Gasteiger partial charge in [0.2, 0.25) is 11.8 Å². The lowest BCUT2D eigenvalue weighted by molar-refractivity contribution is -0.134. The molecule has 2 amide bonds. The summed E-state index contributed by atoms with van der Waals surface area (Å²) in [6.07, 6.45) is 0. The second-order valence-corrected chi connectivity index (χ2v) is 8.04. The predicted molar refractivity (Wildman–Crippen MR) is 125 cm³/mol. The van der Waals surface area contributed by atoms with Crippen LogP contribution in [0, 0.1) is 0 Å².